The average Bonchev–Trinajstić information content (AvgIpc) is 2.67. The quantitative estimate of drug-likeness (QED) is 0.211. The third-order valence-electron chi connectivity index (χ3n) is 4.83. The van der Waals surface area contributed by atoms with Crippen LogP contribution in [0.1, 0.15) is 44.1 Å². The maximum Gasteiger partial charge on any atom is 0.168 e. The number of pyridine rings is 1. The van der Waals surface area contributed by atoms with Crippen LogP contribution in [-0.4, -0.2) is 23.2 Å². The lowest BCUT2D eigenvalue weighted by molar-refractivity contribution is -0.124. The van der Waals surface area contributed by atoms with Gasteiger partial charge in [-0.1, -0.05) is 48.7 Å². The van der Waals surface area contributed by atoms with Gasteiger partial charge in [-0.3, -0.25) is 24.9 Å². The van der Waals surface area contributed by atoms with Crippen molar-refractivity contribution in [3.63, 3.8) is 0 Å². The van der Waals surface area contributed by atoms with Crippen LogP contribution in [-0.2, 0) is 14.4 Å². The Bertz CT molecular complexity index is 981. The van der Waals surface area contributed by atoms with Gasteiger partial charge in [0.05, 0.1) is 28.4 Å². The summed E-state index contributed by atoms with van der Waals surface area (Å²) >= 11 is 12.5. The number of ketones is 2. The number of carbonyl (C=O) groups is 2. The lowest BCUT2D eigenvalue weighted by atomic mass is 9.78. The van der Waals surface area contributed by atoms with Crippen LogP contribution in [0.3, 0.4) is 0 Å². The maximum absolute atomic E-state index is 13.0. The zero-order valence-electron chi connectivity index (χ0n) is 16.1. The van der Waals surface area contributed by atoms with E-state index in [1.54, 1.807) is 24.4 Å². The van der Waals surface area contributed by atoms with Crippen LogP contribution in [0.15, 0.2) is 48.3 Å². The largest absolute Gasteiger partial charge is 0.294 e. The van der Waals surface area contributed by atoms with E-state index in [0.29, 0.717) is 27.7 Å². The van der Waals surface area contributed by atoms with Gasteiger partial charge < -0.3 is 0 Å². The van der Waals surface area contributed by atoms with E-state index in [9.17, 15) is 9.59 Å². The van der Waals surface area contributed by atoms with E-state index in [4.69, 9.17) is 28.0 Å². The van der Waals surface area contributed by atoms with Gasteiger partial charge in [-0.25, -0.2) is 0 Å². The summed E-state index contributed by atoms with van der Waals surface area (Å²) in [5.74, 6) is -0.765. The molecule has 1 aliphatic carbocycles. The Morgan fingerprint density at radius 2 is 2.03 bits per heavy atom. The summed E-state index contributed by atoms with van der Waals surface area (Å²) in [4.78, 5) is 35.6. The molecule has 1 aliphatic rings. The van der Waals surface area contributed by atoms with Gasteiger partial charge in [0.1, 0.15) is 0 Å². The summed E-state index contributed by atoms with van der Waals surface area (Å²) in [5, 5.41) is 1.83. The molecule has 0 saturated heterocycles. The summed E-state index contributed by atoms with van der Waals surface area (Å²) in [7, 11) is 0. The Morgan fingerprint density at radius 1 is 1.31 bits per heavy atom. The van der Waals surface area contributed by atoms with Gasteiger partial charge >= 0.3 is 0 Å². The summed E-state index contributed by atoms with van der Waals surface area (Å²) in [6.45, 7) is 5.83. The van der Waals surface area contributed by atoms with Crippen molar-refractivity contribution in [1.29, 1.82) is 0 Å². The number of allylic oxidation sites excluding steroid dienone is 2. The van der Waals surface area contributed by atoms with Crippen molar-refractivity contribution < 1.29 is 14.4 Å². The summed E-state index contributed by atoms with van der Waals surface area (Å²) in [6, 6.07) is 5.38. The predicted molar refractivity (Wildman–Crippen MR) is 115 cm³/mol. The molecule has 0 atom stereocenters. The second-order valence-electron chi connectivity index (χ2n) is 6.94. The minimum absolute atomic E-state index is 0.181. The van der Waals surface area contributed by atoms with Crippen molar-refractivity contribution in [3.8, 4) is 0 Å². The number of carbonyl (C=O) groups excluding carboxylic acids is 2. The molecule has 1 N–H and O–H groups in total. The van der Waals surface area contributed by atoms with E-state index >= 15 is 0 Å². The minimum Gasteiger partial charge on any atom is -0.294 e. The van der Waals surface area contributed by atoms with Crippen molar-refractivity contribution in [2.45, 2.75) is 38.5 Å². The summed E-state index contributed by atoms with van der Waals surface area (Å²) in [5.41, 5.74) is 4.87. The molecule has 1 aromatic heterocycles. The summed E-state index contributed by atoms with van der Waals surface area (Å²) in [6.07, 6.45) is 4.81. The molecule has 0 aliphatic heterocycles. The molecule has 152 valence electrons. The third kappa shape index (κ3) is 4.69. The normalized spacial score (nSPS) is 16.9. The zero-order chi connectivity index (χ0) is 21.0. The highest BCUT2D eigenvalue weighted by Crippen LogP contribution is 2.40. The Labute approximate surface area is 179 Å². The first-order chi connectivity index (χ1) is 14.0. The van der Waals surface area contributed by atoms with E-state index in [1.807, 2.05) is 13.0 Å². The van der Waals surface area contributed by atoms with Gasteiger partial charge in [0, 0.05) is 40.9 Å². The van der Waals surface area contributed by atoms with Crippen molar-refractivity contribution in [3.05, 3.63) is 63.9 Å². The number of Topliss-reactive ketones (excluding diaryl/α,β-unsaturated/α-hetero) is 2. The number of hydrogen-bond acceptors (Lipinski definition) is 5. The Kier molecular flexibility index (Phi) is 7.06. The first-order valence-corrected chi connectivity index (χ1v) is 10.2. The average molecular weight is 433 g/mol. The molecule has 1 saturated carbocycles. The molecular formula is C22H22Cl2N2O3. The highest BCUT2D eigenvalue weighted by molar-refractivity contribution is 6.33. The fraction of sp³-hybridized carbons (Fsp3) is 0.318. The van der Waals surface area contributed by atoms with Crippen molar-refractivity contribution >= 4 is 45.7 Å². The number of aromatic nitrogens is 1. The molecule has 7 heteroatoms. The Morgan fingerprint density at radius 3 is 2.69 bits per heavy atom. The molecule has 29 heavy (non-hydrogen) atoms. The minimum atomic E-state index is -0.333. The van der Waals surface area contributed by atoms with E-state index in [2.05, 4.69) is 17.0 Å². The highest BCUT2D eigenvalue weighted by atomic mass is 35.5. The van der Waals surface area contributed by atoms with Gasteiger partial charge in [-0.15, -0.1) is 6.58 Å². The summed E-state index contributed by atoms with van der Waals surface area (Å²) < 4.78 is 0. The lowest BCUT2D eigenvalue weighted by Gasteiger charge is -2.26. The first-order valence-electron chi connectivity index (χ1n) is 9.48. The number of fused-ring (bicyclic) bond motifs is 1. The van der Waals surface area contributed by atoms with Gasteiger partial charge in [0.2, 0.25) is 0 Å². The van der Waals surface area contributed by atoms with Crippen LogP contribution in [0, 0.1) is 0 Å². The van der Waals surface area contributed by atoms with Crippen LogP contribution in [0.25, 0.3) is 10.9 Å². The second kappa shape index (κ2) is 9.53. The van der Waals surface area contributed by atoms with Crippen LogP contribution < -0.4 is 5.48 Å². The number of rotatable bonds is 7. The van der Waals surface area contributed by atoms with Crippen molar-refractivity contribution in [1.82, 2.24) is 10.5 Å². The van der Waals surface area contributed by atoms with Crippen LogP contribution in [0.2, 0.25) is 10.0 Å². The zero-order valence-corrected chi connectivity index (χ0v) is 17.6. The predicted octanol–water partition coefficient (Wildman–Crippen LogP) is 5.32. The Balaban J connectivity index is 1.96. The second-order valence-corrected chi connectivity index (χ2v) is 7.79. The number of nitrogens with zero attached hydrogens (tertiary/aromatic N) is 1. The van der Waals surface area contributed by atoms with Gasteiger partial charge in [0.25, 0.3) is 0 Å². The SMILES string of the molecule is C=CCONC(CCC)=C1C(=O)CC(c2c(Cl)ccc3cc(Cl)cnc23)CC1=O. The molecule has 0 spiro atoms. The van der Waals surface area contributed by atoms with E-state index in [0.717, 1.165) is 17.4 Å². The highest BCUT2D eigenvalue weighted by Gasteiger charge is 2.35. The van der Waals surface area contributed by atoms with E-state index in [1.165, 1.54) is 0 Å². The maximum atomic E-state index is 13.0. The smallest absolute Gasteiger partial charge is 0.168 e. The van der Waals surface area contributed by atoms with E-state index in [-0.39, 0.29) is 42.5 Å². The molecule has 0 radical (unpaired) electrons. The third-order valence-corrected chi connectivity index (χ3v) is 5.37. The molecule has 5 nitrogen and oxygen atoms in total. The van der Waals surface area contributed by atoms with Crippen LogP contribution >= 0.6 is 23.2 Å². The number of benzene rings is 1. The first kappa shape index (κ1) is 21.5. The lowest BCUT2D eigenvalue weighted by Crippen LogP contribution is -2.30. The van der Waals surface area contributed by atoms with Gasteiger partial charge in [0.15, 0.2) is 11.6 Å². The topological polar surface area (TPSA) is 68.3 Å². The fourth-order valence-electron chi connectivity index (χ4n) is 3.65. The number of hydroxylamine groups is 1. The van der Waals surface area contributed by atoms with Gasteiger partial charge in [-0.2, -0.15) is 0 Å². The monoisotopic (exact) mass is 432 g/mol. The van der Waals surface area contributed by atoms with E-state index < -0.39 is 0 Å². The fourth-order valence-corrected chi connectivity index (χ4v) is 4.12. The van der Waals surface area contributed by atoms with Crippen LogP contribution in [0.4, 0.5) is 0 Å². The van der Waals surface area contributed by atoms with Gasteiger partial charge in [-0.05, 0) is 18.6 Å². The molecule has 0 bridgehead atoms. The molecule has 1 heterocycles. The molecule has 2 aromatic rings. The number of nitrogens with one attached hydrogen (secondary N) is 1. The van der Waals surface area contributed by atoms with Crippen molar-refractivity contribution in [2.75, 3.05) is 6.61 Å². The molecule has 1 fully saturated rings. The molecule has 1 aromatic carbocycles. The standard InChI is InChI=1S/C22H22Cl2N2O3/c1-3-5-17(26-29-8-4-2)21-18(27)10-14(11-19(21)28)20-16(24)7-6-13-9-15(23)12-25-22(13)20/h4,6-7,9,12,14,26H,2-3,5,8,10-11H2,1H3. The number of halogens is 2. The van der Waals surface area contributed by atoms with Crippen molar-refractivity contribution in [2.24, 2.45) is 0 Å². The molecule has 3 rings (SSSR count). The number of hydrogen-bond donors (Lipinski definition) is 1. The molecular weight excluding hydrogens is 411 g/mol. The molecule has 0 amide bonds. The molecule has 0 unspecified atom stereocenters. The van der Waals surface area contributed by atoms with Crippen LogP contribution in [0.5, 0.6) is 0 Å². The Hall–Kier alpha value is -2.21.